The molecule has 5 nitrogen and oxygen atoms in total. The number of ether oxygens (including phenoxy) is 1. The van der Waals surface area contributed by atoms with E-state index in [4.69, 9.17) is 4.74 Å². The van der Waals surface area contributed by atoms with Gasteiger partial charge in [-0.15, -0.1) is 0 Å². The molecular weight excluding hydrogens is 309 g/mol. The van der Waals surface area contributed by atoms with Crippen molar-refractivity contribution in [2.75, 3.05) is 12.4 Å². The molecule has 1 heterocycles. The maximum absolute atomic E-state index is 14.8. The van der Waals surface area contributed by atoms with Crippen molar-refractivity contribution >= 4 is 22.9 Å². The molecule has 1 amide bonds. The molecule has 6 heteroatoms. The van der Waals surface area contributed by atoms with Gasteiger partial charge in [-0.05, 0) is 36.8 Å². The van der Waals surface area contributed by atoms with Crippen LogP contribution in [0.15, 0.2) is 12.1 Å². The van der Waals surface area contributed by atoms with Crippen LogP contribution in [-0.2, 0) is 4.79 Å². The maximum Gasteiger partial charge on any atom is 0.227 e. The minimum atomic E-state index is -0.425. The Morgan fingerprint density at radius 1 is 1.42 bits per heavy atom. The van der Waals surface area contributed by atoms with Crippen LogP contribution in [0.1, 0.15) is 52.5 Å². The number of anilines is 1. The molecule has 1 saturated carbocycles. The van der Waals surface area contributed by atoms with E-state index < -0.39 is 5.82 Å². The topological polar surface area (TPSA) is 56.1 Å². The molecule has 0 saturated heterocycles. The van der Waals surface area contributed by atoms with Gasteiger partial charge in [0, 0.05) is 12.5 Å². The Balaban J connectivity index is 2.04. The number of amides is 1. The molecule has 1 fully saturated rings. The van der Waals surface area contributed by atoms with E-state index in [0.29, 0.717) is 23.4 Å². The first-order valence-electron chi connectivity index (χ1n) is 8.34. The van der Waals surface area contributed by atoms with Gasteiger partial charge in [-0.1, -0.05) is 20.8 Å². The summed E-state index contributed by atoms with van der Waals surface area (Å²) in [4.78, 5) is 16.8. The number of hydrogen-bond acceptors (Lipinski definition) is 3. The molecule has 130 valence electrons. The Labute approximate surface area is 141 Å². The number of hydrogen-bond donors (Lipinski definition) is 1. The fourth-order valence-electron chi connectivity index (χ4n) is 3.03. The molecule has 1 N–H and O–H groups in total. The summed E-state index contributed by atoms with van der Waals surface area (Å²) in [6.45, 7) is 6.02. The quantitative estimate of drug-likeness (QED) is 0.908. The number of nitrogens with one attached hydrogen (secondary N) is 1. The zero-order chi connectivity index (χ0) is 17.5. The van der Waals surface area contributed by atoms with Crippen molar-refractivity contribution in [2.45, 2.75) is 52.5 Å². The highest BCUT2D eigenvalue weighted by molar-refractivity contribution is 5.92. The van der Waals surface area contributed by atoms with Gasteiger partial charge in [0.15, 0.2) is 11.6 Å². The molecule has 24 heavy (non-hydrogen) atoms. The summed E-state index contributed by atoms with van der Waals surface area (Å²) in [7, 11) is 1.44. The zero-order valence-corrected chi connectivity index (χ0v) is 14.6. The number of halogens is 1. The van der Waals surface area contributed by atoms with E-state index in [1.165, 1.54) is 7.11 Å². The molecule has 1 aliphatic carbocycles. The summed E-state index contributed by atoms with van der Waals surface area (Å²) >= 11 is 0. The average molecular weight is 333 g/mol. The molecule has 1 aromatic heterocycles. The summed E-state index contributed by atoms with van der Waals surface area (Å²) in [5.41, 5.74) is 0.822. The van der Waals surface area contributed by atoms with Crippen LogP contribution in [0.3, 0.4) is 0 Å². The van der Waals surface area contributed by atoms with Gasteiger partial charge in [0.05, 0.1) is 12.6 Å². The predicted octanol–water partition coefficient (Wildman–Crippen LogP) is 4.28. The molecule has 1 aliphatic rings. The lowest BCUT2D eigenvalue weighted by Gasteiger charge is -2.29. The summed E-state index contributed by atoms with van der Waals surface area (Å²) in [6.07, 6.45) is 3.41. The predicted molar refractivity (Wildman–Crippen MR) is 91.8 cm³/mol. The van der Waals surface area contributed by atoms with Crippen molar-refractivity contribution in [1.82, 2.24) is 9.55 Å². The lowest BCUT2D eigenvalue weighted by Crippen LogP contribution is -2.24. The third-order valence-corrected chi connectivity index (χ3v) is 4.36. The van der Waals surface area contributed by atoms with Gasteiger partial charge in [0.25, 0.3) is 0 Å². The van der Waals surface area contributed by atoms with Gasteiger partial charge < -0.3 is 9.30 Å². The van der Waals surface area contributed by atoms with E-state index in [2.05, 4.69) is 10.3 Å². The van der Waals surface area contributed by atoms with Gasteiger partial charge in [-0.2, -0.15) is 0 Å². The van der Waals surface area contributed by atoms with E-state index in [9.17, 15) is 9.18 Å². The van der Waals surface area contributed by atoms with Crippen LogP contribution in [0.5, 0.6) is 5.75 Å². The third-order valence-electron chi connectivity index (χ3n) is 4.36. The van der Waals surface area contributed by atoms with E-state index in [1.54, 1.807) is 12.1 Å². The number of imidazole rings is 1. The minimum absolute atomic E-state index is 0.106. The summed E-state index contributed by atoms with van der Waals surface area (Å²) in [5.74, 6) is 0.0862. The van der Waals surface area contributed by atoms with Crippen LogP contribution in [0.2, 0.25) is 0 Å². The fraction of sp³-hybridized carbons (Fsp3) is 0.556. The molecule has 0 bridgehead atoms. The second-order valence-electron chi connectivity index (χ2n) is 7.63. The Hall–Kier alpha value is -2.11. The molecular formula is C18H24FN3O2. The van der Waals surface area contributed by atoms with E-state index >= 15 is 0 Å². The van der Waals surface area contributed by atoms with Crippen LogP contribution in [-0.4, -0.2) is 22.6 Å². The zero-order valence-electron chi connectivity index (χ0n) is 14.6. The third kappa shape index (κ3) is 3.09. The molecule has 0 unspecified atom stereocenters. The maximum atomic E-state index is 14.8. The lowest BCUT2D eigenvalue weighted by atomic mass is 9.92. The fourth-order valence-corrected chi connectivity index (χ4v) is 3.03. The second kappa shape index (κ2) is 6.07. The van der Waals surface area contributed by atoms with Gasteiger partial charge in [-0.3, -0.25) is 10.1 Å². The lowest BCUT2D eigenvalue weighted by molar-refractivity contribution is -0.117. The number of rotatable bonds is 4. The first-order valence-corrected chi connectivity index (χ1v) is 8.34. The van der Waals surface area contributed by atoms with Crippen LogP contribution in [0.25, 0.3) is 11.0 Å². The van der Waals surface area contributed by atoms with Gasteiger partial charge in [0.2, 0.25) is 11.9 Å². The molecule has 0 aliphatic heterocycles. The van der Waals surface area contributed by atoms with Crippen molar-refractivity contribution < 1.29 is 13.9 Å². The van der Waals surface area contributed by atoms with Crippen molar-refractivity contribution in [1.29, 1.82) is 0 Å². The highest BCUT2D eigenvalue weighted by Crippen LogP contribution is 2.39. The number of nitrogens with zero attached hydrogens (tertiary/aromatic N) is 2. The Kier molecular flexibility index (Phi) is 4.24. The molecule has 0 radical (unpaired) electrons. The van der Waals surface area contributed by atoms with Gasteiger partial charge in [-0.25, -0.2) is 9.37 Å². The number of methoxy groups -OCH3 is 1. The average Bonchev–Trinajstić information content (AvgIpc) is 2.74. The normalized spacial score (nSPS) is 15.4. The minimum Gasteiger partial charge on any atom is -0.494 e. The first-order chi connectivity index (χ1) is 11.3. The van der Waals surface area contributed by atoms with Crippen LogP contribution in [0, 0.1) is 11.2 Å². The summed E-state index contributed by atoms with van der Waals surface area (Å²) in [5, 5.41) is 2.88. The van der Waals surface area contributed by atoms with Crippen LogP contribution in [0.4, 0.5) is 10.3 Å². The Morgan fingerprint density at radius 2 is 2.12 bits per heavy atom. The van der Waals surface area contributed by atoms with Crippen LogP contribution < -0.4 is 10.1 Å². The largest absolute Gasteiger partial charge is 0.494 e. The van der Waals surface area contributed by atoms with Crippen LogP contribution >= 0.6 is 0 Å². The standard InChI is InChI=1S/C18H24FN3O2/c1-18(2,3)10-14(23)21-17-20-12-8-9-13(24-4)15(19)16(12)22(17)11-6-5-7-11/h8-9,11H,5-7,10H2,1-4H3,(H,20,21,23). The number of carbonyl (C=O) groups is 1. The Bertz CT molecular complexity index is 773. The number of benzene rings is 1. The van der Waals surface area contributed by atoms with Gasteiger partial charge >= 0.3 is 0 Å². The van der Waals surface area contributed by atoms with Crippen molar-refractivity contribution in [3.8, 4) is 5.75 Å². The van der Waals surface area contributed by atoms with Crippen molar-refractivity contribution in [3.05, 3.63) is 17.9 Å². The number of fused-ring (bicyclic) bond motifs is 1. The van der Waals surface area contributed by atoms with Gasteiger partial charge in [0.1, 0.15) is 5.52 Å². The molecule has 2 aromatic rings. The SMILES string of the molecule is COc1ccc2nc(NC(=O)CC(C)(C)C)n(C3CCC3)c2c1F. The van der Waals surface area contributed by atoms with E-state index in [-0.39, 0.29) is 23.1 Å². The van der Waals surface area contributed by atoms with Crippen molar-refractivity contribution in [2.24, 2.45) is 5.41 Å². The summed E-state index contributed by atoms with van der Waals surface area (Å²) in [6, 6.07) is 3.46. The highest BCUT2D eigenvalue weighted by atomic mass is 19.1. The monoisotopic (exact) mass is 333 g/mol. The Morgan fingerprint density at radius 3 is 2.67 bits per heavy atom. The number of carbonyl (C=O) groups excluding carboxylic acids is 1. The number of aromatic nitrogens is 2. The molecule has 1 aromatic carbocycles. The van der Waals surface area contributed by atoms with Crippen molar-refractivity contribution in [3.63, 3.8) is 0 Å². The highest BCUT2D eigenvalue weighted by Gasteiger charge is 2.28. The smallest absolute Gasteiger partial charge is 0.227 e. The van der Waals surface area contributed by atoms with E-state index in [0.717, 1.165) is 19.3 Å². The summed E-state index contributed by atoms with van der Waals surface area (Å²) < 4.78 is 21.7. The van der Waals surface area contributed by atoms with E-state index in [1.807, 2.05) is 25.3 Å². The second-order valence-corrected chi connectivity index (χ2v) is 7.63. The molecule has 3 rings (SSSR count). The molecule has 0 spiro atoms. The first kappa shape index (κ1) is 16.7. The molecule has 0 atom stereocenters.